The largest absolute Gasteiger partial charge is 0.441 e. The maximum atomic E-state index is 12.3. The van der Waals surface area contributed by atoms with E-state index in [9.17, 15) is 4.79 Å². The highest BCUT2D eigenvalue weighted by atomic mass is 32.2. The number of carbonyl (C=O) groups is 1. The van der Waals surface area contributed by atoms with Crippen molar-refractivity contribution in [1.29, 1.82) is 0 Å². The Hall–Kier alpha value is -2.53. The summed E-state index contributed by atoms with van der Waals surface area (Å²) in [6.45, 7) is 2.42. The maximum absolute atomic E-state index is 12.3. The first-order valence-electron chi connectivity index (χ1n) is 8.55. The molecule has 5 heteroatoms. The first-order valence-corrected chi connectivity index (χ1v) is 9.94. The van der Waals surface area contributed by atoms with Gasteiger partial charge in [0.1, 0.15) is 5.76 Å². The van der Waals surface area contributed by atoms with E-state index < -0.39 is 0 Å². The van der Waals surface area contributed by atoms with E-state index >= 15 is 0 Å². The van der Waals surface area contributed by atoms with E-state index in [-0.39, 0.29) is 5.91 Å². The molecule has 0 aliphatic heterocycles. The van der Waals surface area contributed by atoms with E-state index in [0.29, 0.717) is 24.4 Å². The predicted molar refractivity (Wildman–Crippen MR) is 106 cm³/mol. The van der Waals surface area contributed by atoms with Crippen LogP contribution >= 0.6 is 11.8 Å². The van der Waals surface area contributed by atoms with E-state index in [1.807, 2.05) is 61.5 Å². The number of nitrogens with zero attached hydrogens (tertiary/aromatic N) is 1. The average Bonchev–Trinajstić information content (AvgIpc) is 3.04. The molecule has 0 atom stereocenters. The number of amides is 1. The molecule has 1 aromatic heterocycles. The minimum atomic E-state index is -0.0647. The normalized spacial score (nSPS) is 10.7. The van der Waals surface area contributed by atoms with Gasteiger partial charge < -0.3 is 9.73 Å². The third kappa shape index (κ3) is 4.55. The van der Waals surface area contributed by atoms with E-state index in [1.165, 1.54) is 5.56 Å². The highest BCUT2D eigenvalue weighted by molar-refractivity contribution is 7.97. The van der Waals surface area contributed by atoms with Crippen molar-refractivity contribution in [3.8, 4) is 11.5 Å². The zero-order valence-electron chi connectivity index (χ0n) is 15.0. The molecule has 0 spiro atoms. The summed E-state index contributed by atoms with van der Waals surface area (Å²) in [7, 11) is 0. The first-order chi connectivity index (χ1) is 12.7. The Labute approximate surface area is 158 Å². The Morgan fingerprint density at radius 3 is 2.54 bits per heavy atom. The average molecular weight is 366 g/mol. The molecule has 0 radical (unpaired) electrons. The topological polar surface area (TPSA) is 55.1 Å². The lowest BCUT2D eigenvalue weighted by molar-refractivity contribution is 0.0954. The number of carbonyl (C=O) groups excluding carboxylic acids is 1. The fourth-order valence-corrected chi connectivity index (χ4v) is 3.21. The van der Waals surface area contributed by atoms with Crippen molar-refractivity contribution in [3.63, 3.8) is 0 Å². The van der Waals surface area contributed by atoms with Crippen molar-refractivity contribution in [3.05, 3.63) is 77.2 Å². The molecule has 0 unspecified atom stereocenters. The van der Waals surface area contributed by atoms with Gasteiger partial charge in [-0.15, -0.1) is 0 Å². The number of thioether (sulfide) groups is 1. The molecule has 1 heterocycles. The van der Waals surface area contributed by atoms with Crippen LogP contribution in [-0.4, -0.2) is 23.7 Å². The van der Waals surface area contributed by atoms with Crippen LogP contribution in [0, 0.1) is 6.92 Å². The van der Waals surface area contributed by atoms with Crippen LogP contribution in [-0.2, 0) is 12.2 Å². The quantitative estimate of drug-likeness (QED) is 0.669. The summed E-state index contributed by atoms with van der Waals surface area (Å²) in [5.74, 6) is 2.30. The van der Waals surface area contributed by atoms with Gasteiger partial charge in [0.2, 0.25) is 5.89 Å². The van der Waals surface area contributed by atoms with Crippen LogP contribution in [0.25, 0.3) is 11.5 Å². The first kappa shape index (κ1) is 18.3. The monoisotopic (exact) mass is 366 g/mol. The van der Waals surface area contributed by atoms with Gasteiger partial charge >= 0.3 is 0 Å². The summed E-state index contributed by atoms with van der Waals surface area (Å²) in [6, 6.07) is 17.6. The van der Waals surface area contributed by atoms with Crippen LogP contribution in [0.1, 0.15) is 27.4 Å². The third-order valence-electron chi connectivity index (χ3n) is 4.09. The van der Waals surface area contributed by atoms with Gasteiger partial charge in [-0.25, -0.2) is 4.98 Å². The van der Waals surface area contributed by atoms with Gasteiger partial charge in [-0.3, -0.25) is 4.79 Å². The van der Waals surface area contributed by atoms with Crippen molar-refractivity contribution in [2.45, 2.75) is 19.1 Å². The Balaban J connectivity index is 1.56. The Morgan fingerprint density at radius 2 is 1.85 bits per heavy atom. The highest BCUT2D eigenvalue weighted by Gasteiger charge is 2.12. The Bertz CT molecular complexity index is 857. The maximum Gasteiger partial charge on any atom is 0.251 e. The fourth-order valence-electron chi connectivity index (χ4n) is 2.68. The second-order valence-electron chi connectivity index (χ2n) is 6.02. The lowest BCUT2D eigenvalue weighted by Crippen LogP contribution is -2.25. The summed E-state index contributed by atoms with van der Waals surface area (Å²) >= 11 is 1.77. The molecule has 0 bridgehead atoms. The molecule has 0 fully saturated rings. The van der Waals surface area contributed by atoms with Gasteiger partial charge in [0.25, 0.3) is 5.91 Å². The molecule has 1 amide bonds. The fraction of sp³-hybridized carbons (Fsp3) is 0.238. The molecule has 0 aliphatic carbocycles. The SMILES string of the molecule is CSCc1ccc(C(=O)NCCc2nc(-c3ccccc3)oc2C)cc1. The highest BCUT2D eigenvalue weighted by Crippen LogP contribution is 2.21. The number of oxazole rings is 1. The standard InChI is InChI=1S/C21H22N2O2S/c1-15-19(23-21(25-15)18-6-4-3-5-7-18)12-13-22-20(24)17-10-8-16(9-11-17)14-26-2/h3-11H,12-14H2,1-2H3,(H,22,24). The molecule has 1 N–H and O–H groups in total. The van der Waals surface area contributed by atoms with Crippen molar-refractivity contribution < 1.29 is 9.21 Å². The molecule has 2 aromatic carbocycles. The molecular formula is C21H22N2O2S. The van der Waals surface area contributed by atoms with Gasteiger partial charge in [0.05, 0.1) is 5.69 Å². The summed E-state index contributed by atoms with van der Waals surface area (Å²) in [5, 5.41) is 2.95. The van der Waals surface area contributed by atoms with E-state index in [0.717, 1.165) is 22.8 Å². The molecule has 26 heavy (non-hydrogen) atoms. The number of hydrogen-bond acceptors (Lipinski definition) is 4. The number of hydrogen-bond donors (Lipinski definition) is 1. The zero-order chi connectivity index (χ0) is 18.4. The number of rotatable bonds is 7. The Morgan fingerprint density at radius 1 is 1.12 bits per heavy atom. The van der Waals surface area contributed by atoms with Crippen LogP contribution in [0.3, 0.4) is 0 Å². The third-order valence-corrected chi connectivity index (χ3v) is 4.71. The zero-order valence-corrected chi connectivity index (χ0v) is 15.8. The second kappa shape index (κ2) is 8.72. The van der Waals surface area contributed by atoms with Gasteiger partial charge in [-0.1, -0.05) is 30.3 Å². The van der Waals surface area contributed by atoms with Gasteiger partial charge in [0.15, 0.2) is 0 Å². The number of aromatic nitrogens is 1. The molecule has 134 valence electrons. The second-order valence-corrected chi connectivity index (χ2v) is 6.89. The van der Waals surface area contributed by atoms with Crippen molar-refractivity contribution in [2.75, 3.05) is 12.8 Å². The van der Waals surface area contributed by atoms with Gasteiger partial charge in [0, 0.05) is 29.8 Å². The van der Waals surface area contributed by atoms with Crippen LogP contribution in [0.2, 0.25) is 0 Å². The minimum Gasteiger partial charge on any atom is -0.441 e. The number of nitrogens with one attached hydrogen (secondary N) is 1. The van der Waals surface area contributed by atoms with E-state index in [4.69, 9.17) is 4.42 Å². The molecule has 3 rings (SSSR count). The molecule has 3 aromatic rings. The number of benzene rings is 2. The van der Waals surface area contributed by atoms with Crippen LogP contribution < -0.4 is 5.32 Å². The minimum absolute atomic E-state index is 0.0647. The van der Waals surface area contributed by atoms with E-state index in [1.54, 1.807) is 11.8 Å². The van der Waals surface area contributed by atoms with Gasteiger partial charge in [-0.05, 0) is 43.0 Å². The lowest BCUT2D eigenvalue weighted by Gasteiger charge is -2.05. The molecule has 0 saturated heterocycles. The van der Waals surface area contributed by atoms with E-state index in [2.05, 4.69) is 16.6 Å². The molecular weight excluding hydrogens is 344 g/mol. The van der Waals surface area contributed by atoms with Crippen molar-refractivity contribution in [2.24, 2.45) is 0 Å². The Kier molecular flexibility index (Phi) is 6.12. The smallest absolute Gasteiger partial charge is 0.251 e. The van der Waals surface area contributed by atoms with Crippen LogP contribution in [0.5, 0.6) is 0 Å². The summed E-state index contributed by atoms with van der Waals surface area (Å²) in [4.78, 5) is 16.8. The number of aryl methyl sites for hydroxylation is 1. The van der Waals surface area contributed by atoms with Crippen molar-refractivity contribution >= 4 is 17.7 Å². The summed E-state index contributed by atoms with van der Waals surface area (Å²) < 4.78 is 5.75. The summed E-state index contributed by atoms with van der Waals surface area (Å²) in [5.41, 5.74) is 3.73. The summed E-state index contributed by atoms with van der Waals surface area (Å²) in [6.07, 6.45) is 2.70. The van der Waals surface area contributed by atoms with Crippen molar-refractivity contribution in [1.82, 2.24) is 10.3 Å². The van der Waals surface area contributed by atoms with Gasteiger partial charge in [-0.2, -0.15) is 11.8 Å². The molecule has 0 saturated carbocycles. The van der Waals surface area contributed by atoms with Crippen LogP contribution in [0.15, 0.2) is 59.0 Å². The molecule has 4 nitrogen and oxygen atoms in total. The van der Waals surface area contributed by atoms with Crippen LogP contribution in [0.4, 0.5) is 0 Å². The predicted octanol–water partition coefficient (Wildman–Crippen LogP) is 4.49. The lowest BCUT2D eigenvalue weighted by atomic mass is 10.1. The molecule has 0 aliphatic rings.